The lowest BCUT2D eigenvalue weighted by molar-refractivity contribution is -0.138. The molecule has 2 N–H and O–H groups in total. The SMILES string of the molecule is CC(C)C(O)CNC(=O)C1CC1c1ccccc1C(F)(F)F. The molecular weight excluding hydrogens is 295 g/mol. The highest BCUT2D eigenvalue weighted by atomic mass is 19.4. The maximum atomic E-state index is 13.0. The van der Waals surface area contributed by atoms with E-state index in [1.165, 1.54) is 12.1 Å². The van der Waals surface area contributed by atoms with Crippen molar-refractivity contribution in [3.8, 4) is 0 Å². The molecule has 1 fully saturated rings. The van der Waals surface area contributed by atoms with E-state index in [0.29, 0.717) is 6.42 Å². The number of hydrogen-bond acceptors (Lipinski definition) is 2. The fourth-order valence-corrected chi connectivity index (χ4v) is 2.48. The van der Waals surface area contributed by atoms with Gasteiger partial charge in [0.15, 0.2) is 0 Å². The highest BCUT2D eigenvalue weighted by molar-refractivity contribution is 5.83. The second-order valence-electron chi connectivity index (χ2n) is 6.09. The Kier molecular flexibility index (Phi) is 4.80. The van der Waals surface area contributed by atoms with Gasteiger partial charge >= 0.3 is 6.18 Å². The molecule has 1 amide bonds. The summed E-state index contributed by atoms with van der Waals surface area (Å²) in [6.07, 6.45) is -4.64. The van der Waals surface area contributed by atoms with Crippen LogP contribution < -0.4 is 5.32 Å². The fourth-order valence-electron chi connectivity index (χ4n) is 2.48. The van der Waals surface area contributed by atoms with Crippen LogP contribution in [0, 0.1) is 11.8 Å². The van der Waals surface area contributed by atoms with Crippen LogP contribution in [0.4, 0.5) is 13.2 Å². The van der Waals surface area contributed by atoms with Crippen molar-refractivity contribution in [3.63, 3.8) is 0 Å². The molecule has 1 aromatic rings. The number of carbonyl (C=O) groups excluding carboxylic acids is 1. The van der Waals surface area contributed by atoms with E-state index in [2.05, 4.69) is 5.32 Å². The van der Waals surface area contributed by atoms with Gasteiger partial charge in [-0.1, -0.05) is 32.0 Å². The van der Waals surface area contributed by atoms with E-state index < -0.39 is 29.7 Å². The zero-order valence-corrected chi connectivity index (χ0v) is 12.5. The number of rotatable bonds is 5. The molecule has 122 valence electrons. The molecule has 22 heavy (non-hydrogen) atoms. The summed E-state index contributed by atoms with van der Waals surface area (Å²) >= 11 is 0. The summed E-state index contributed by atoms with van der Waals surface area (Å²) in [6.45, 7) is 3.79. The Balaban J connectivity index is 2.00. The monoisotopic (exact) mass is 315 g/mol. The van der Waals surface area contributed by atoms with Gasteiger partial charge in [-0.15, -0.1) is 0 Å². The van der Waals surface area contributed by atoms with E-state index >= 15 is 0 Å². The van der Waals surface area contributed by atoms with Gasteiger partial charge in [0, 0.05) is 12.5 Å². The molecule has 1 saturated carbocycles. The van der Waals surface area contributed by atoms with Crippen molar-refractivity contribution in [1.82, 2.24) is 5.32 Å². The van der Waals surface area contributed by atoms with Crippen molar-refractivity contribution in [3.05, 3.63) is 35.4 Å². The lowest BCUT2D eigenvalue weighted by atomic mass is 10.0. The maximum absolute atomic E-state index is 13.0. The van der Waals surface area contributed by atoms with Crippen LogP contribution in [0.5, 0.6) is 0 Å². The standard InChI is InChI=1S/C16H20F3NO2/c1-9(2)14(21)8-20-15(22)12-7-11(12)10-5-3-4-6-13(10)16(17,18)19/h3-6,9,11-12,14,21H,7-8H2,1-2H3,(H,20,22). The van der Waals surface area contributed by atoms with Crippen molar-refractivity contribution in [2.75, 3.05) is 6.54 Å². The van der Waals surface area contributed by atoms with Crippen LogP contribution in [0.25, 0.3) is 0 Å². The number of alkyl halides is 3. The first kappa shape index (κ1) is 16.8. The molecule has 3 unspecified atom stereocenters. The summed E-state index contributed by atoms with van der Waals surface area (Å²) in [6, 6.07) is 5.39. The quantitative estimate of drug-likeness (QED) is 0.878. The Hall–Kier alpha value is -1.56. The van der Waals surface area contributed by atoms with Crippen molar-refractivity contribution < 1.29 is 23.1 Å². The van der Waals surface area contributed by atoms with Crippen LogP contribution >= 0.6 is 0 Å². The molecule has 1 aliphatic carbocycles. The number of amides is 1. The second kappa shape index (κ2) is 6.28. The molecule has 0 heterocycles. The van der Waals surface area contributed by atoms with E-state index in [0.717, 1.165) is 6.07 Å². The number of carbonyl (C=O) groups is 1. The largest absolute Gasteiger partial charge is 0.416 e. The van der Waals surface area contributed by atoms with Crippen LogP contribution in [-0.4, -0.2) is 23.7 Å². The van der Waals surface area contributed by atoms with Gasteiger partial charge in [0.1, 0.15) is 0 Å². The molecule has 3 nitrogen and oxygen atoms in total. The lowest BCUT2D eigenvalue weighted by Gasteiger charge is -2.15. The predicted molar refractivity (Wildman–Crippen MR) is 76.1 cm³/mol. The maximum Gasteiger partial charge on any atom is 0.416 e. The highest BCUT2D eigenvalue weighted by Gasteiger charge is 2.47. The molecule has 0 aliphatic heterocycles. The molecule has 0 aromatic heterocycles. The van der Waals surface area contributed by atoms with Gasteiger partial charge in [-0.25, -0.2) is 0 Å². The van der Waals surface area contributed by atoms with E-state index in [9.17, 15) is 23.1 Å². The summed E-state index contributed by atoms with van der Waals surface area (Å²) < 4.78 is 38.9. The minimum Gasteiger partial charge on any atom is -0.391 e. The zero-order chi connectivity index (χ0) is 16.5. The summed E-state index contributed by atoms with van der Waals surface area (Å²) in [5.74, 6) is -1.11. The zero-order valence-electron chi connectivity index (χ0n) is 12.5. The summed E-state index contributed by atoms with van der Waals surface area (Å²) in [5.41, 5.74) is -0.489. The van der Waals surface area contributed by atoms with Crippen LogP contribution in [0.1, 0.15) is 37.3 Å². The van der Waals surface area contributed by atoms with Crippen molar-refractivity contribution in [2.24, 2.45) is 11.8 Å². The van der Waals surface area contributed by atoms with Crippen molar-refractivity contribution in [2.45, 2.75) is 38.5 Å². The molecule has 0 saturated heterocycles. The molecule has 3 atom stereocenters. The molecule has 1 aliphatic rings. The Labute approximate surface area is 127 Å². The predicted octanol–water partition coefficient (Wildman–Crippen LogP) is 2.94. The Morgan fingerprint density at radius 1 is 1.36 bits per heavy atom. The summed E-state index contributed by atoms with van der Waals surface area (Å²) in [5, 5.41) is 12.3. The van der Waals surface area contributed by atoms with Crippen LogP contribution in [-0.2, 0) is 11.0 Å². The van der Waals surface area contributed by atoms with Gasteiger partial charge in [0.2, 0.25) is 5.91 Å². The third-order valence-corrected chi connectivity index (χ3v) is 4.05. The average Bonchev–Trinajstić information content (AvgIpc) is 3.23. The van der Waals surface area contributed by atoms with Gasteiger partial charge in [0.25, 0.3) is 0 Å². The molecule has 0 bridgehead atoms. The number of benzene rings is 1. The molecule has 2 rings (SSSR count). The Morgan fingerprint density at radius 3 is 2.59 bits per heavy atom. The van der Waals surface area contributed by atoms with Crippen LogP contribution in [0.15, 0.2) is 24.3 Å². The van der Waals surface area contributed by atoms with Gasteiger partial charge in [-0.2, -0.15) is 13.2 Å². The molecular formula is C16H20F3NO2. The van der Waals surface area contributed by atoms with Gasteiger partial charge < -0.3 is 10.4 Å². The Morgan fingerprint density at radius 2 is 2.00 bits per heavy atom. The van der Waals surface area contributed by atoms with Crippen molar-refractivity contribution >= 4 is 5.91 Å². The van der Waals surface area contributed by atoms with E-state index in [-0.39, 0.29) is 23.9 Å². The third-order valence-electron chi connectivity index (χ3n) is 4.05. The number of nitrogens with one attached hydrogen (secondary N) is 1. The molecule has 1 aromatic carbocycles. The fraction of sp³-hybridized carbons (Fsp3) is 0.562. The molecule has 6 heteroatoms. The first-order valence-electron chi connectivity index (χ1n) is 7.33. The third kappa shape index (κ3) is 3.80. The summed E-state index contributed by atoms with van der Waals surface area (Å²) in [4.78, 5) is 12.0. The topological polar surface area (TPSA) is 49.3 Å². The van der Waals surface area contributed by atoms with Crippen molar-refractivity contribution in [1.29, 1.82) is 0 Å². The summed E-state index contributed by atoms with van der Waals surface area (Å²) in [7, 11) is 0. The van der Waals surface area contributed by atoms with Crippen LogP contribution in [0.3, 0.4) is 0 Å². The minimum absolute atomic E-state index is 0.0151. The Bertz CT molecular complexity index is 542. The molecule has 0 spiro atoms. The lowest BCUT2D eigenvalue weighted by Crippen LogP contribution is -2.35. The highest BCUT2D eigenvalue weighted by Crippen LogP contribution is 2.50. The van der Waals surface area contributed by atoms with Gasteiger partial charge in [0.05, 0.1) is 11.7 Å². The van der Waals surface area contributed by atoms with Gasteiger partial charge in [-0.3, -0.25) is 4.79 Å². The first-order valence-corrected chi connectivity index (χ1v) is 7.33. The number of aliphatic hydroxyl groups excluding tert-OH is 1. The van der Waals surface area contributed by atoms with Crippen LogP contribution in [0.2, 0.25) is 0 Å². The average molecular weight is 315 g/mol. The number of hydrogen-bond donors (Lipinski definition) is 2. The minimum atomic E-state index is -4.41. The smallest absolute Gasteiger partial charge is 0.391 e. The van der Waals surface area contributed by atoms with Gasteiger partial charge in [-0.05, 0) is 29.9 Å². The number of halogens is 3. The van der Waals surface area contributed by atoms with E-state index in [1.807, 2.05) is 13.8 Å². The molecule has 0 radical (unpaired) electrons. The second-order valence-corrected chi connectivity index (χ2v) is 6.09. The normalized spacial score (nSPS) is 22.5. The van der Waals surface area contributed by atoms with E-state index in [1.54, 1.807) is 6.07 Å². The van der Waals surface area contributed by atoms with E-state index in [4.69, 9.17) is 0 Å². The number of aliphatic hydroxyl groups is 1. The first-order chi connectivity index (χ1) is 10.2.